The molecule has 1 aliphatic carbocycles. The normalized spacial score (nSPS) is 22.1. The Labute approximate surface area is 143 Å². The third-order valence-corrected chi connectivity index (χ3v) is 4.92. The van der Waals surface area contributed by atoms with E-state index in [1.807, 2.05) is 24.3 Å². The second kappa shape index (κ2) is 7.60. The molecule has 3 rings (SSSR count). The van der Waals surface area contributed by atoms with E-state index in [0.29, 0.717) is 5.92 Å². The maximum Gasteiger partial charge on any atom is 0.331 e. The largest absolute Gasteiger partial charge is 0.497 e. The Hall–Kier alpha value is -2.17. The highest BCUT2D eigenvalue weighted by atomic mass is 16.5. The first-order valence-electron chi connectivity index (χ1n) is 8.58. The number of cyclic esters (lactones) is 1. The summed E-state index contributed by atoms with van der Waals surface area (Å²) in [4.78, 5) is 11.5. The Bertz CT molecular complexity index is 607. The zero-order valence-corrected chi connectivity index (χ0v) is 14.3. The molecule has 1 heterocycles. The quantitative estimate of drug-likeness (QED) is 0.808. The minimum Gasteiger partial charge on any atom is -0.497 e. The highest BCUT2D eigenvalue weighted by Gasteiger charge is 2.34. The van der Waals surface area contributed by atoms with Gasteiger partial charge in [0.05, 0.1) is 25.9 Å². The van der Waals surface area contributed by atoms with E-state index in [4.69, 9.17) is 14.2 Å². The SMILES string of the molecule is COc1ccc(N[C@@H](C2CCCCC2)[C@H]2C=CC(=O)O2)c(OC)c1. The lowest BCUT2D eigenvalue weighted by molar-refractivity contribution is -0.139. The Kier molecular flexibility index (Phi) is 5.28. The molecule has 0 bridgehead atoms. The van der Waals surface area contributed by atoms with Gasteiger partial charge in [-0.05, 0) is 37.0 Å². The molecule has 0 unspecified atom stereocenters. The van der Waals surface area contributed by atoms with Gasteiger partial charge in [-0.2, -0.15) is 0 Å². The average Bonchev–Trinajstić information content (AvgIpc) is 3.06. The number of benzene rings is 1. The van der Waals surface area contributed by atoms with Crippen LogP contribution in [0.15, 0.2) is 30.4 Å². The molecule has 0 amide bonds. The van der Waals surface area contributed by atoms with E-state index >= 15 is 0 Å². The van der Waals surface area contributed by atoms with Crippen molar-refractivity contribution in [1.82, 2.24) is 0 Å². The number of esters is 1. The van der Waals surface area contributed by atoms with Gasteiger partial charge in [0.1, 0.15) is 17.6 Å². The minimum absolute atomic E-state index is 0.0512. The summed E-state index contributed by atoms with van der Waals surface area (Å²) in [5, 5.41) is 3.57. The third kappa shape index (κ3) is 3.66. The monoisotopic (exact) mass is 331 g/mol. The van der Waals surface area contributed by atoms with Gasteiger partial charge in [-0.1, -0.05) is 19.3 Å². The van der Waals surface area contributed by atoms with Crippen LogP contribution in [0.1, 0.15) is 32.1 Å². The van der Waals surface area contributed by atoms with Crippen molar-refractivity contribution in [2.45, 2.75) is 44.2 Å². The van der Waals surface area contributed by atoms with Crippen LogP contribution in [0.25, 0.3) is 0 Å². The minimum atomic E-state index is -0.260. The summed E-state index contributed by atoms with van der Waals surface area (Å²) in [5.74, 6) is 1.69. The zero-order chi connectivity index (χ0) is 16.9. The fourth-order valence-electron chi connectivity index (χ4n) is 3.64. The van der Waals surface area contributed by atoms with Gasteiger partial charge in [-0.15, -0.1) is 0 Å². The van der Waals surface area contributed by atoms with Crippen LogP contribution < -0.4 is 14.8 Å². The van der Waals surface area contributed by atoms with Gasteiger partial charge in [0.2, 0.25) is 0 Å². The van der Waals surface area contributed by atoms with Crippen LogP contribution in [0.5, 0.6) is 11.5 Å². The molecule has 0 spiro atoms. The van der Waals surface area contributed by atoms with E-state index in [0.717, 1.165) is 30.0 Å². The van der Waals surface area contributed by atoms with E-state index in [2.05, 4.69) is 5.32 Å². The van der Waals surface area contributed by atoms with Crippen LogP contribution in [0.4, 0.5) is 5.69 Å². The summed E-state index contributed by atoms with van der Waals surface area (Å²) in [5.41, 5.74) is 0.894. The van der Waals surface area contributed by atoms with E-state index in [1.165, 1.54) is 25.3 Å². The molecular weight excluding hydrogens is 306 g/mol. The number of rotatable bonds is 6. The number of carbonyl (C=O) groups is 1. The fraction of sp³-hybridized carbons (Fsp3) is 0.526. The number of hydrogen-bond donors (Lipinski definition) is 1. The van der Waals surface area contributed by atoms with Gasteiger partial charge in [0, 0.05) is 12.1 Å². The zero-order valence-electron chi connectivity index (χ0n) is 14.3. The van der Waals surface area contributed by atoms with Gasteiger partial charge in [-0.25, -0.2) is 4.79 Å². The van der Waals surface area contributed by atoms with Crippen molar-refractivity contribution in [3.8, 4) is 11.5 Å². The lowest BCUT2D eigenvalue weighted by atomic mass is 9.81. The molecule has 1 aliphatic heterocycles. The maximum atomic E-state index is 11.5. The third-order valence-electron chi connectivity index (χ3n) is 4.92. The summed E-state index contributed by atoms with van der Waals surface area (Å²) in [6, 6.07) is 5.76. The molecule has 5 heteroatoms. The lowest BCUT2D eigenvalue weighted by Gasteiger charge is -2.34. The maximum absolute atomic E-state index is 11.5. The number of ether oxygens (including phenoxy) is 3. The second-order valence-electron chi connectivity index (χ2n) is 6.40. The van der Waals surface area contributed by atoms with E-state index in [-0.39, 0.29) is 18.1 Å². The highest BCUT2D eigenvalue weighted by Crippen LogP contribution is 2.35. The summed E-state index contributed by atoms with van der Waals surface area (Å²) < 4.78 is 16.2. The van der Waals surface area contributed by atoms with Crippen LogP contribution in [0.3, 0.4) is 0 Å². The predicted molar refractivity (Wildman–Crippen MR) is 92.6 cm³/mol. The number of nitrogens with one attached hydrogen (secondary N) is 1. The van der Waals surface area contributed by atoms with Crippen molar-refractivity contribution in [2.24, 2.45) is 5.92 Å². The van der Waals surface area contributed by atoms with Crippen LogP contribution >= 0.6 is 0 Å². The van der Waals surface area contributed by atoms with Crippen molar-refractivity contribution in [1.29, 1.82) is 0 Å². The Morgan fingerprint density at radius 3 is 2.58 bits per heavy atom. The molecule has 1 saturated carbocycles. The van der Waals surface area contributed by atoms with Crippen LogP contribution in [0.2, 0.25) is 0 Å². The van der Waals surface area contributed by atoms with Crippen molar-refractivity contribution in [3.63, 3.8) is 0 Å². The molecule has 1 fully saturated rings. The van der Waals surface area contributed by atoms with Gasteiger partial charge in [0.25, 0.3) is 0 Å². The Balaban J connectivity index is 1.83. The molecule has 0 aromatic heterocycles. The number of carbonyl (C=O) groups excluding carboxylic acids is 1. The Morgan fingerprint density at radius 2 is 1.96 bits per heavy atom. The molecule has 130 valence electrons. The Morgan fingerprint density at radius 1 is 1.17 bits per heavy atom. The first-order chi connectivity index (χ1) is 11.7. The van der Waals surface area contributed by atoms with Crippen molar-refractivity contribution < 1.29 is 19.0 Å². The summed E-state index contributed by atoms with van der Waals surface area (Å²) >= 11 is 0. The average molecular weight is 331 g/mol. The van der Waals surface area contributed by atoms with Gasteiger partial charge in [-0.3, -0.25) is 0 Å². The number of methoxy groups -OCH3 is 2. The van der Waals surface area contributed by atoms with Gasteiger partial charge >= 0.3 is 5.97 Å². The molecular formula is C19H25NO4. The highest BCUT2D eigenvalue weighted by molar-refractivity contribution is 5.84. The number of hydrogen-bond acceptors (Lipinski definition) is 5. The van der Waals surface area contributed by atoms with Crippen LogP contribution in [-0.4, -0.2) is 32.3 Å². The van der Waals surface area contributed by atoms with Crippen molar-refractivity contribution >= 4 is 11.7 Å². The summed E-state index contributed by atoms with van der Waals surface area (Å²) in [6.45, 7) is 0. The molecule has 0 saturated heterocycles. The van der Waals surface area contributed by atoms with Crippen molar-refractivity contribution in [3.05, 3.63) is 30.4 Å². The molecule has 5 nitrogen and oxygen atoms in total. The topological polar surface area (TPSA) is 56.8 Å². The molecule has 0 radical (unpaired) electrons. The smallest absolute Gasteiger partial charge is 0.331 e. The van der Waals surface area contributed by atoms with Gasteiger partial charge < -0.3 is 19.5 Å². The summed E-state index contributed by atoms with van der Waals surface area (Å²) in [6.07, 6.45) is 9.20. The number of anilines is 1. The molecule has 2 aliphatic rings. The molecule has 1 aromatic rings. The van der Waals surface area contributed by atoms with Crippen LogP contribution in [0, 0.1) is 5.92 Å². The second-order valence-corrected chi connectivity index (χ2v) is 6.40. The molecule has 1 N–H and O–H groups in total. The molecule has 1 aromatic carbocycles. The van der Waals surface area contributed by atoms with Crippen molar-refractivity contribution in [2.75, 3.05) is 19.5 Å². The van der Waals surface area contributed by atoms with E-state index in [9.17, 15) is 4.79 Å². The van der Waals surface area contributed by atoms with E-state index < -0.39 is 0 Å². The fourth-order valence-corrected chi connectivity index (χ4v) is 3.64. The van der Waals surface area contributed by atoms with Crippen LogP contribution in [-0.2, 0) is 9.53 Å². The predicted octanol–water partition coefficient (Wildman–Crippen LogP) is 3.55. The lowest BCUT2D eigenvalue weighted by Crippen LogP contribution is -2.41. The summed E-state index contributed by atoms with van der Waals surface area (Å²) in [7, 11) is 3.28. The first kappa shape index (κ1) is 16.7. The van der Waals surface area contributed by atoms with Gasteiger partial charge in [0.15, 0.2) is 0 Å². The standard InChI is InChI=1S/C19H25NO4/c1-22-14-8-9-15(17(12-14)23-2)20-19(13-6-4-3-5-7-13)16-10-11-18(21)24-16/h8-13,16,19-20H,3-7H2,1-2H3/t16-,19+/m1/s1. The molecule has 24 heavy (non-hydrogen) atoms. The molecule has 2 atom stereocenters. The van der Waals surface area contributed by atoms with E-state index in [1.54, 1.807) is 14.2 Å². The first-order valence-corrected chi connectivity index (χ1v) is 8.58.